The quantitative estimate of drug-likeness (QED) is 0.415. The second-order valence-corrected chi connectivity index (χ2v) is 8.56. The third kappa shape index (κ3) is 3.54. The third-order valence-corrected chi connectivity index (χ3v) is 6.72. The zero-order chi connectivity index (χ0) is 20.7. The molecule has 0 fully saturated rings. The molecule has 0 atom stereocenters. The average molecular weight is 471 g/mol. The van der Waals surface area contributed by atoms with Crippen LogP contribution in [0.2, 0.25) is 0 Å². The number of aliphatic imine (C=N–C) groups is 1. The number of hydrogen-bond donors (Lipinski definition) is 1. The lowest BCUT2D eigenvalue weighted by Crippen LogP contribution is -2.18. The number of aromatic amines is 1. The highest BCUT2D eigenvalue weighted by Crippen LogP contribution is 2.30. The molecule has 4 aromatic rings. The molecule has 2 aromatic carbocycles. The SMILES string of the molecule is COc1ccc2nc(/N=C/c3c(C)[nH]n(-c4ccc(Br)c(C)c4C)c3=O)sc2c1. The van der Waals surface area contributed by atoms with Gasteiger partial charge in [-0.15, -0.1) is 0 Å². The van der Waals surface area contributed by atoms with Gasteiger partial charge in [0.05, 0.1) is 28.6 Å². The van der Waals surface area contributed by atoms with Gasteiger partial charge in [-0.25, -0.2) is 14.7 Å². The molecule has 2 aromatic heterocycles. The molecule has 148 valence electrons. The highest BCUT2D eigenvalue weighted by atomic mass is 79.9. The van der Waals surface area contributed by atoms with E-state index in [4.69, 9.17) is 4.74 Å². The van der Waals surface area contributed by atoms with Gasteiger partial charge in [0, 0.05) is 16.4 Å². The number of benzene rings is 2. The lowest BCUT2D eigenvalue weighted by molar-refractivity contribution is 0.415. The largest absolute Gasteiger partial charge is 0.497 e. The van der Waals surface area contributed by atoms with E-state index in [1.807, 2.05) is 51.1 Å². The zero-order valence-corrected chi connectivity index (χ0v) is 18.8. The van der Waals surface area contributed by atoms with Crippen LogP contribution in [0.15, 0.2) is 44.6 Å². The first-order valence-corrected chi connectivity index (χ1v) is 10.6. The van der Waals surface area contributed by atoms with Crippen molar-refractivity contribution in [3.05, 3.63) is 67.5 Å². The fourth-order valence-corrected chi connectivity index (χ4v) is 4.36. The maximum Gasteiger partial charge on any atom is 0.280 e. The fourth-order valence-electron chi connectivity index (χ4n) is 3.09. The Morgan fingerprint density at radius 3 is 2.76 bits per heavy atom. The normalized spacial score (nSPS) is 11.6. The molecule has 29 heavy (non-hydrogen) atoms. The van der Waals surface area contributed by atoms with Crippen molar-refractivity contribution >= 4 is 48.8 Å². The number of fused-ring (bicyclic) bond motifs is 1. The number of H-pyrrole nitrogens is 1. The van der Waals surface area contributed by atoms with Crippen molar-refractivity contribution in [1.29, 1.82) is 0 Å². The molecule has 0 bridgehead atoms. The van der Waals surface area contributed by atoms with Crippen LogP contribution in [0.4, 0.5) is 5.13 Å². The topological polar surface area (TPSA) is 72.3 Å². The van der Waals surface area contributed by atoms with Gasteiger partial charge in [-0.3, -0.25) is 9.89 Å². The van der Waals surface area contributed by atoms with E-state index in [0.29, 0.717) is 10.7 Å². The number of rotatable bonds is 4. The number of methoxy groups -OCH3 is 1. The van der Waals surface area contributed by atoms with Gasteiger partial charge in [0.1, 0.15) is 5.75 Å². The first-order chi connectivity index (χ1) is 13.9. The molecule has 4 rings (SSSR count). The molecule has 0 saturated carbocycles. The standard InChI is InChI=1S/C21H19BrN4O2S/c1-11-12(2)18(8-6-16(11)22)26-20(27)15(13(3)25-26)10-23-21-24-17-7-5-14(28-4)9-19(17)29-21/h5-10,25H,1-4H3/b23-10+. The van der Waals surface area contributed by atoms with Crippen molar-refractivity contribution in [1.82, 2.24) is 14.8 Å². The second-order valence-electron chi connectivity index (χ2n) is 6.70. The van der Waals surface area contributed by atoms with E-state index in [9.17, 15) is 4.79 Å². The number of thiazole rings is 1. The molecule has 0 radical (unpaired) electrons. The third-order valence-electron chi connectivity index (χ3n) is 4.94. The predicted octanol–water partition coefficient (Wildman–Crippen LogP) is 5.22. The number of halogens is 1. The van der Waals surface area contributed by atoms with Crippen LogP contribution in [-0.2, 0) is 0 Å². The average Bonchev–Trinajstić information content (AvgIpc) is 3.24. The molecule has 0 unspecified atom stereocenters. The number of aryl methyl sites for hydroxylation is 1. The van der Waals surface area contributed by atoms with Crippen molar-refractivity contribution in [2.45, 2.75) is 20.8 Å². The van der Waals surface area contributed by atoms with Gasteiger partial charge < -0.3 is 4.74 Å². The summed E-state index contributed by atoms with van der Waals surface area (Å²) in [5.41, 5.74) is 4.94. The minimum Gasteiger partial charge on any atom is -0.497 e. The Kier molecular flexibility index (Phi) is 5.14. The Labute approximate surface area is 180 Å². The maximum absolute atomic E-state index is 13.0. The minimum atomic E-state index is -0.140. The zero-order valence-electron chi connectivity index (χ0n) is 16.4. The summed E-state index contributed by atoms with van der Waals surface area (Å²) in [5, 5.41) is 3.75. The second kappa shape index (κ2) is 7.61. The Morgan fingerprint density at radius 1 is 1.21 bits per heavy atom. The molecule has 0 aliphatic carbocycles. The lowest BCUT2D eigenvalue weighted by Gasteiger charge is -2.10. The predicted molar refractivity (Wildman–Crippen MR) is 122 cm³/mol. The van der Waals surface area contributed by atoms with Crippen LogP contribution in [0.5, 0.6) is 5.75 Å². The summed E-state index contributed by atoms with van der Waals surface area (Å²) in [5.74, 6) is 0.779. The van der Waals surface area contributed by atoms with Gasteiger partial charge in [0.2, 0.25) is 5.13 Å². The molecule has 0 aliphatic heterocycles. The molecule has 0 amide bonds. The summed E-state index contributed by atoms with van der Waals surface area (Å²) < 4.78 is 8.82. The van der Waals surface area contributed by atoms with Crippen LogP contribution in [0.3, 0.4) is 0 Å². The molecular weight excluding hydrogens is 452 g/mol. The summed E-state index contributed by atoms with van der Waals surface area (Å²) in [6.45, 7) is 5.89. The van der Waals surface area contributed by atoms with Gasteiger partial charge in [-0.05, 0) is 62.2 Å². The maximum atomic E-state index is 13.0. The van der Waals surface area contributed by atoms with Crippen molar-refractivity contribution in [3.63, 3.8) is 0 Å². The molecule has 6 nitrogen and oxygen atoms in total. The van der Waals surface area contributed by atoms with Crippen LogP contribution in [0.1, 0.15) is 22.4 Å². The Bertz CT molecular complexity index is 1320. The van der Waals surface area contributed by atoms with Crippen molar-refractivity contribution < 1.29 is 4.74 Å². The Hall–Kier alpha value is -2.71. The number of nitrogens with one attached hydrogen (secondary N) is 1. The summed E-state index contributed by atoms with van der Waals surface area (Å²) >= 11 is 4.99. The number of nitrogens with zero attached hydrogens (tertiary/aromatic N) is 3. The summed E-state index contributed by atoms with van der Waals surface area (Å²) in [6, 6.07) is 9.57. The molecule has 2 heterocycles. The van der Waals surface area contributed by atoms with E-state index in [0.717, 1.165) is 42.9 Å². The highest BCUT2D eigenvalue weighted by molar-refractivity contribution is 9.10. The molecule has 0 aliphatic rings. The molecular formula is C21H19BrN4O2S. The first-order valence-electron chi connectivity index (χ1n) is 8.95. The molecule has 0 saturated heterocycles. The first kappa shape index (κ1) is 19.6. The van der Waals surface area contributed by atoms with E-state index in [-0.39, 0.29) is 5.56 Å². The van der Waals surface area contributed by atoms with Gasteiger partial charge >= 0.3 is 0 Å². The molecule has 0 spiro atoms. The molecule has 8 heteroatoms. The van der Waals surface area contributed by atoms with Crippen LogP contribution in [0.25, 0.3) is 15.9 Å². The van der Waals surface area contributed by atoms with E-state index in [1.54, 1.807) is 18.0 Å². The minimum absolute atomic E-state index is 0.140. The summed E-state index contributed by atoms with van der Waals surface area (Å²) in [4.78, 5) is 22.0. The van der Waals surface area contributed by atoms with Crippen molar-refractivity contribution in [2.24, 2.45) is 4.99 Å². The summed E-state index contributed by atoms with van der Waals surface area (Å²) in [7, 11) is 1.63. The Balaban J connectivity index is 1.72. The van der Waals surface area contributed by atoms with Crippen LogP contribution in [-0.4, -0.2) is 28.1 Å². The summed E-state index contributed by atoms with van der Waals surface area (Å²) in [6.07, 6.45) is 1.58. The van der Waals surface area contributed by atoms with E-state index >= 15 is 0 Å². The van der Waals surface area contributed by atoms with Gasteiger partial charge in [0.25, 0.3) is 5.56 Å². The van der Waals surface area contributed by atoms with Crippen LogP contribution in [0, 0.1) is 20.8 Å². The van der Waals surface area contributed by atoms with Crippen LogP contribution >= 0.6 is 27.3 Å². The number of aromatic nitrogens is 3. The number of hydrogen-bond acceptors (Lipinski definition) is 5. The van der Waals surface area contributed by atoms with Gasteiger partial charge in [0.15, 0.2) is 0 Å². The smallest absolute Gasteiger partial charge is 0.280 e. The van der Waals surface area contributed by atoms with Gasteiger partial charge in [-0.1, -0.05) is 27.3 Å². The van der Waals surface area contributed by atoms with Gasteiger partial charge in [-0.2, -0.15) is 0 Å². The Morgan fingerprint density at radius 2 is 2.00 bits per heavy atom. The number of ether oxygens (including phenoxy) is 1. The van der Waals surface area contributed by atoms with Crippen molar-refractivity contribution in [2.75, 3.05) is 7.11 Å². The van der Waals surface area contributed by atoms with Crippen molar-refractivity contribution in [3.8, 4) is 11.4 Å². The molecule has 1 N–H and O–H groups in total. The fraction of sp³-hybridized carbons (Fsp3) is 0.190. The lowest BCUT2D eigenvalue weighted by atomic mass is 10.1. The van der Waals surface area contributed by atoms with Crippen LogP contribution < -0.4 is 10.3 Å². The van der Waals surface area contributed by atoms with E-state index in [2.05, 4.69) is 31.0 Å². The highest BCUT2D eigenvalue weighted by Gasteiger charge is 2.14. The monoisotopic (exact) mass is 470 g/mol. The van der Waals surface area contributed by atoms with E-state index in [1.165, 1.54) is 11.3 Å². The van der Waals surface area contributed by atoms with E-state index < -0.39 is 0 Å².